The number of sulfonamides is 1. The minimum Gasteiger partial charge on any atom is -0.339 e. The van der Waals surface area contributed by atoms with E-state index < -0.39 is 10.0 Å². The minimum atomic E-state index is -3.64. The summed E-state index contributed by atoms with van der Waals surface area (Å²) >= 11 is 0. The number of rotatable bonds is 10. The van der Waals surface area contributed by atoms with E-state index in [9.17, 15) is 13.2 Å². The molecular formula is C26H34N4O4S. The topological polar surface area (TPSA) is 105 Å². The van der Waals surface area contributed by atoms with Gasteiger partial charge in [0, 0.05) is 37.2 Å². The van der Waals surface area contributed by atoms with Crippen molar-refractivity contribution in [2.45, 2.75) is 65.2 Å². The van der Waals surface area contributed by atoms with Crippen LogP contribution in [0.15, 0.2) is 45.8 Å². The number of anilines is 1. The van der Waals surface area contributed by atoms with Crippen LogP contribution < -0.4 is 5.32 Å². The fraction of sp³-hybridized carbons (Fsp3) is 0.423. The van der Waals surface area contributed by atoms with Crippen LogP contribution in [0.25, 0.3) is 11.4 Å². The summed E-state index contributed by atoms with van der Waals surface area (Å²) < 4.78 is 32.7. The number of hydrogen-bond donors (Lipinski definition) is 1. The SMILES string of the molecule is CCN(CC)S(=O)(=O)c1cc(C)c(C)c(NC(=O)CCc2nc(-c3ccc(C(C)C)cc3)no2)c1. The quantitative estimate of drug-likeness (QED) is 0.418. The normalized spacial score (nSPS) is 11.9. The number of carbonyl (C=O) groups excluding carboxylic acids is 1. The fourth-order valence-electron chi connectivity index (χ4n) is 3.74. The maximum atomic E-state index is 13.0. The van der Waals surface area contributed by atoms with E-state index in [1.807, 2.05) is 38.1 Å². The molecule has 2 aromatic carbocycles. The average molecular weight is 499 g/mol. The minimum absolute atomic E-state index is 0.124. The molecule has 9 heteroatoms. The molecule has 0 fully saturated rings. The van der Waals surface area contributed by atoms with Crippen molar-refractivity contribution < 1.29 is 17.7 Å². The molecule has 8 nitrogen and oxygen atoms in total. The molecule has 3 rings (SSSR count). The van der Waals surface area contributed by atoms with Gasteiger partial charge in [0.1, 0.15) is 0 Å². The Kier molecular flexibility index (Phi) is 8.45. The van der Waals surface area contributed by atoms with E-state index in [2.05, 4.69) is 29.3 Å². The molecule has 0 aliphatic rings. The summed E-state index contributed by atoms with van der Waals surface area (Å²) in [6.45, 7) is 12.3. The first-order valence-electron chi connectivity index (χ1n) is 11.9. The van der Waals surface area contributed by atoms with E-state index in [4.69, 9.17) is 4.52 Å². The molecule has 1 N–H and O–H groups in total. The highest BCUT2D eigenvalue weighted by Gasteiger charge is 2.23. The van der Waals surface area contributed by atoms with E-state index in [-0.39, 0.29) is 23.6 Å². The van der Waals surface area contributed by atoms with Gasteiger partial charge in [-0.3, -0.25) is 4.79 Å². The van der Waals surface area contributed by atoms with E-state index >= 15 is 0 Å². The van der Waals surface area contributed by atoms with Crippen LogP contribution in [0.4, 0.5) is 5.69 Å². The largest absolute Gasteiger partial charge is 0.339 e. The summed E-state index contributed by atoms with van der Waals surface area (Å²) in [4.78, 5) is 17.3. The number of aryl methyl sites for hydroxylation is 2. The van der Waals surface area contributed by atoms with Crippen LogP contribution in [0.1, 0.15) is 62.6 Å². The third-order valence-corrected chi connectivity index (χ3v) is 8.16. The predicted molar refractivity (Wildman–Crippen MR) is 137 cm³/mol. The van der Waals surface area contributed by atoms with Gasteiger partial charge in [-0.25, -0.2) is 8.42 Å². The number of nitrogens with zero attached hydrogens (tertiary/aromatic N) is 3. The van der Waals surface area contributed by atoms with Gasteiger partial charge in [0.25, 0.3) is 0 Å². The fourth-order valence-corrected chi connectivity index (χ4v) is 5.31. The zero-order chi connectivity index (χ0) is 25.8. The molecule has 188 valence electrons. The van der Waals surface area contributed by atoms with E-state index in [0.29, 0.717) is 36.4 Å². The molecule has 1 heterocycles. The number of aromatic nitrogens is 2. The van der Waals surface area contributed by atoms with Crippen molar-refractivity contribution in [2.24, 2.45) is 0 Å². The molecule has 0 unspecified atom stereocenters. The standard InChI is InChI=1S/C26H34N4O4S/c1-7-30(8-2)35(32,33)22-15-18(5)19(6)23(16-22)27-24(31)13-14-25-28-26(29-34-25)21-11-9-20(10-12-21)17(3)4/h9-12,15-17H,7-8,13-14H2,1-6H3,(H,27,31). The third kappa shape index (κ3) is 6.15. The molecule has 0 saturated heterocycles. The summed E-state index contributed by atoms with van der Waals surface area (Å²) in [5, 5.41) is 6.88. The van der Waals surface area contributed by atoms with Crippen LogP contribution in [0.5, 0.6) is 0 Å². The number of hydrogen-bond acceptors (Lipinski definition) is 6. The lowest BCUT2D eigenvalue weighted by Gasteiger charge is -2.20. The molecule has 3 aromatic rings. The Morgan fingerprint density at radius 3 is 2.34 bits per heavy atom. The highest BCUT2D eigenvalue weighted by atomic mass is 32.2. The summed E-state index contributed by atoms with van der Waals surface area (Å²) in [5.74, 6) is 1.03. The highest BCUT2D eigenvalue weighted by molar-refractivity contribution is 7.89. The lowest BCUT2D eigenvalue weighted by Crippen LogP contribution is -2.30. The van der Waals surface area contributed by atoms with Gasteiger partial charge in [0.15, 0.2) is 0 Å². The second-order valence-electron chi connectivity index (χ2n) is 8.84. The van der Waals surface area contributed by atoms with Gasteiger partial charge in [0.05, 0.1) is 4.90 Å². The van der Waals surface area contributed by atoms with Gasteiger partial charge in [-0.05, 0) is 48.6 Å². The Hall–Kier alpha value is -3.04. The Morgan fingerprint density at radius 1 is 1.09 bits per heavy atom. The highest BCUT2D eigenvalue weighted by Crippen LogP contribution is 2.27. The van der Waals surface area contributed by atoms with Crippen molar-refractivity contribution in [3.8, 4) is 11.4 Å². The maximum absolute atomic E-state index is 13.0. The molecule has 0 spiro atoms. The lowest BCUT2D eigenvalue weighted by molar-refractivity contribution is -0.116. The van der Waals surface area contributed by atoms with Crippen LogP contribution in [-0.4, -0.2) is 41.9 Å². The second-order valence-corrected chi connectivity index (χ2v) is 10.8. The first-order chi connectivity index (χ1) is 16.6. The van der Waals surface area contributed by atoms with Gasteiger partial charge >= 0.3 is 0 Å². The summed E-state index contributed by atoms with van der Waals surface area (Å²) in [7, 11) is -3.64. The van der Waals surface area contributed by atoms with Crippen molar-refractivity contribution in [3.05, 3.63) is 59.0 Å². The monoisotopic (exact) mass is 498 g/mol. The van der Waals surface area contributed by atoms with Crippen molar-refractivity contribution in [1.82, 2.24) is 14.4 Å². The molecule has 1 aromatic heterocycles. The number of amides is 1. The van der Waals surface area contributed by atoms with Crippen LogP contribution in [0.2, 0.25) is 0 Å². The summed E-state index contributed by atoms with van der Waals surface area (Å²) in [6, 6.07) is 11.2. The van der Waals surface area contributed by atoms with Crippen molar-refractivity contribution in [2.75, 3.05) is 18.4 Å². The molecule has 0 radical (unpaired) electrons. The van der Waals surface area contributed by atoms with Crippen LogP contribution >= 0.6 is 0 Å². The first kappa shape index (κ1) is 26.6. The molecule has 0 bridgehead atoms. The number of carbonyl (C=O) groups is 1. The van der Waals surface area contributed by atoms with Gasteiger partial charge in [-0.15, -0.1) is 0 Å². The Labute approximate surface area is 207 Å². The molecule has 0 atom stereocenters. The molecular weight excluding hydrogens is 464 g/mol. The Balaban J connectivity index is 1.69. The summed E-state index contributed by atoms with van der Waals surface area (Å²) in [6.07, 6.45) is 0.401. The van der Waals surface area contributed by atoms with Gasteiger partial charge in [-0.1, -0.05) is 57.1 Å². The second kappa shape index (κ2) is 11.1. The molecule has 35 heavy (non-hydrogen) atoms. The lowest BCUT2D eigenvalue weighted by atomic mass is 10.0. The van der Waals surface area contributed by atoms with Crippen LogP contribution in [0.3, 0.4) is 0 Å². The van der Waals surface area contributed by atoms with Crippen molar-refractivity contribution in [1.29, 1.82) is 0 Å². The van der Waals surface area contributed by atoms with Crippen LogP contribution in [0, 0.1) is 13.8 Å². The van der Waals surface area contributed by atoms with Crippen molar-refractivity contribution >= 4 is 21.6 Å². The average Bonchev–Trinajstić information content (AvgIpc) is 3.30. The van der Waals surface area contributed by atoms with Gasteiger partial charge < -0.3 is 9.84 Å². The molecule has 0 aliphatic heterocycles. The Bertz CT molecular complexity index is 1280. The van der Waals surface area contributed by atoms with E-state index in [1.54, 1.807) is 19.9 Å². The molecule has 1 amide bonds. The zero-order valence-corrected chi connectivity index (χ0v) is 22.1. The molecule has 0 saturated carbocycles. The third-order valence-electron chi connectivity index (χ3n) is 6.13. The smallest absolute Gasteiger partial charge is 0.243 e. The maximum Gasteiger partial charge on any atom is 0.243 e. The van der Waals surface area contributed by atoms with Gasteiger partial charge in [0.2, 0.25) is 27.6 Å². The predicted octanol–water partition coefficient (Wildman–Crippen LogP) is 5.08. The first-order valence-corrected chi connectivity index (χ1v) is 13.3. The number of benzene rings is 2. The zero-order valence-electron chi connectivity index (χ0n) is 21.3. The van der Waals surface area contributed by atoms with Gasteiger partial charge in [-0.2, -0.15) is 9.29 Å². The summed E-state index contributed by atoms with van der Waals surface area (Å²) in [5.41, 5.74) is 4.18. The van der Waals surface area contributed by atoms with E-state index in [1.165, 1.54) is 15.9 Å². The van der Waals surface area contributed by atoms with Crippen molar-refractivity contribution in [3.63, 3.8) is 0 Å². The number of nitrogens with one attached hydrogen (secondary N) is 1. The van der Waals surface area contributed by atoms with Crippen LogP contribution in [-0.2, 0) is 21.2 Å². The molecule has 0 aliphatic carbocycles. The van der Waals surface area contributed by atoms with E-state index in [0.717, 1.165) is 16.7 Å². The Morgan fingerprint density at radius 2 is 1.74 bits per heavy atom.